The average molecular weight is 446 g/mol. The summed E-state index contributed by atoms with van der Waals surface area (Å²) in [5, 5.41) is 11.1. The van der Waals surface area contributed by atoms with E-state index in [1.54, 1.807) is 6.08 Å². The number of carbonyl (C=O) groups excluding carboxylic acids is 4. The fraction of sp³-hybridized carbons (Fsp3) is 0.400. The van der Waals surface area contributed by atoms with Crippen LogP contribution < -0.4 is 9.64 Å². The van der Waals surface area contributed by atoms with E-state index in [4.69, 9.17) is 18.9 Å². The Morgan fingerprint density at radius 3 is 2.41 bits per heavy atom. The van der Waals surface area contributed by atoms with Crippen LogP contribution in [0.4, 0.5) is 11.4 Å². The van der Waals surface area contributed by atoms with Gasteiger partial charge in [-0.15, -0.1) is 0 Å². The topological polar surface area (TPSA) is 152 Å². The number of amides is 2. The van der Waals surface area contributed by atoms with Crippen LogP contribution in [0.1, 0.15) is 13.8 Å². The summed E-state index contributed by atoms with van der Waals surface area (Å²) in [5.74, 6) is -5.06. The van der Waals surface area contributed by atoms with Crippen molar-refractivity contribution < 1.29 is 43.0 Å². The molecule has 0 aliphatic carbocycles. The lowest BCUT2D eigenvalue weighted by Crippen LogP contribution is -2.52. The molecule has 0 spiro atoms. The highest BCUT2D eigenvalue weighted by Gasteiger charge is 2.72. The molecule has 32 heavy (non-hydrogen) atoms. The van der Waals surface area contributed by atoms with Gasteiger partial charge in [-0.3, -0.25) is 29.3 Å². The number of carbonyl (C=O) groups is 4. The number of fused-ring (bicyclic) bond motifs is 5. The van der Waals surface area contributed by atoms with Crippen molar-refractivity contribution in [1.82, 2.24) is 0 Å². The zero-order chi connectivity index (χ0) is 23.4. The maximum absolute atomic E-state index is 13.5. The van der Waals surface area contributed by atoms with Crippen LogP contribution >= 0.6 is 0 Å². The summed E-state index contributed by atoms with van der Waals surface area (Å²) in [6, 6.07) is 3.49. The maximum atomic E-state index is 13.5. The molecule has 1 aromatic rings. The van der Waals surface area contributed by atoms with E-state index >= 15 is 0 Å². The highest BCUT2D eigenvalue weighted by Crippen LogP contribution is 2.55. The molecule has 12 nitrogen and oxygen atoms in total. The first-order valence-corrected chi connectivity index (χ1v) is 9.52. The van der Waals surface area contributed by atoms with E-state index < -0.39 is 58.5 Å². The Labute approximate surface area is 180 Å². The van der Waals surface area contributed by atoms with Crippen molar-refractivity contribution in [3.63, 3.8) is 0 Å². The van der Waals surface area contributed by atoms with Crippen LogP contribution in [-0.2, 0) is 33.4 Å². The Balaban J connectivity index is 1.76. The standard InChI is InChI=1S/C20H18N2O10/c1-9(23)30-19(31-10(2)24)20-7-6-13(32-20)15-16(20)18(26)21(17(15)25)12-5-4-11(22(27)28)8-14(12)29-3/h4-8,13,15-16,19H,1-3H3/t13-,15-,16-,20+/m0/s1. The predicted octanol–water partition coefficient (Wildman–Crippen LogP) is 0.869. The van der Waals surface area contributed by atoms with Crippen molar-refractivity contribution in [3.05, 3.63) is 40.5 Å². The van der Waals surface area contributed by atoms with Crippen molar-refractivity contribution in [2.75, 3.05) is 12.0 Å². The first-order valence-electron chi connectivity index (χ1n) is 9.52. The van der Waals surface area contributed by atoms with Crippen molar-refractivity contribution in [3.8, 4) is 5.75 Å². The second-order valence-electron chi connectivity index (χ2n) is 7.47. The van der Waals surface area contributed by atoms with Crippen LogP contribution in [-0.4, -0.2) is 53.8 Å². The van der Waals surface area contributed by atoms with Gasteiger partial charge in [0.15, 0.2) is 5.60 Å². The molecule has 0 radical (unpaired) electrons. The van der Waals surface area contributed by atoms with Gasteiger partial charge in [-0.25, -0.2) is 4.90 Å². The van der Waals surface area contributed by atoms with Gasteiger partial charge in [0.2, 0.25) is 11.8 Å². The zero-order valence-corrected chi connectivity index (χ0v) is 17.2. The Kier molecular flexibility index (Phi) is 4.96. The number of hydrogen-bond donors (Lipinski definition) is 0. The molecule has 2 saturated heterocycles. The average Bonchev–Trinajstić information content (AvgIpc) is 3.37. The minimum atomic E-state index is -1.69. The molecular weight excluding hydrogens is 428 g/mol. The van der Waals surface area contributed by atoms with Gasteiger partial charge in [-0.05, 0) is 12.1 Å². The third-order valence-corrected chi connectivity index (χ3v) is 5.61. The normalized spacial score (nSPS) is 27.6. The molecule has 2 bridgehead atoms. The predicted molar refractivity (Wildman–Crippen MR) is 103 cm³/mol. The fourth-order valence-electron chi connectivity index (χ4n) is 4.42. The molecule has 2 fully saturated rings. The van der Waals surface area contributed by atoms with Gasteiger partial charge in [0.1, 0.15) is 5.75 Å². The lowest BCUT2D eigenvalue weighted by molar-refractivity contribution is -0.384. The summed E-state index contributed by atoms with van der Waals surface area (Å²) in [6.07, 6.45) is 0.586. The van der Waals surface area contributed by atoms with Crippen molar-refractivity contribution in [2.24, 2.45) is 11.8 Å². The number of hydrogen-bond acceptors (Lipinski definition) is 10. The van der Waals surface area contributed by atoms with Crippen molar-refractivity contribution >= 4 is 35.1 Å². The van der Waals surface area contributed by atoms with E-state index in [-0.39, 0.29) is 17.1 Å². The van der Waals surface area contributed by atoms with Crippen LogP contribution in [0.2, 0.25) is 0 Å². The molecule has 3 aliphatic rings. The number of imide groups is 1. The molecule has 0 N–H and O–H groups in total. The number of esters is 2. The summed E-state index contributed by atoms with van der Waals surface area (Å²) in [5.41, 5.74) is -1.95. The van der Waals surface area contributed by atoms with Gasteiger partial charge in [0, 0.05) is 19.9 Å². The summed E-state index contributed by atoms with van der Waals surface area (Å²) >= 11 is 0. The Bertz CT molecular complexity index is 1070. The van der Waals surface area contributed by atoms with E-state index in [1.807, 2.05) is 0 Å². The van der Waals surface area contributed by atoms with E-state index in [1.165, 1.54) is 19.3 Å². The first kappa shape index (κ1) is 21.4. The van der Waals surface area contributed by atoms with E-state index in [0.717, 1.165) is 30.9 Å². The Morgan fingerprint density at radius 2 is 1.84 bits per heavy atom. The lowest BCUT2D eigenvalue weighted by Gasteiger charge is -2.34. The van der Waals surface area contributed by atoms with Crippen molar-refractivity contribution in [2.45, 2.75) is 31.8 Å². The number of nitrogens with zero attached hydrogens (tertiary/aromatic N) is 2. The van der Waals surface area contributed by atoms with Gasteiger partial charge in [-0.1, -0.05) is 6.08 Å². The quantitative estimate of drug-likeness (QED) is 0.154. The Hall–Kier alpha value is -3.80. The van der Waals surface area contributed by atoms with Gasteiger partial charge >= 0.3 is 11.9 Å². The van der Waals surface area contributed by atoms with E-state index in [0.29, 0.717) is 0 Å². The van der Waals surface area contributed by atoms with Crippen LogP contribution in [0.15, 0.2) is 30.4 Å². The number of anilines is 1. The second kappa shape index (κ2) is 7.41. The molecule has 1 aromatic carbocycles. The highest BCUT2D eigenvalue weighted by atomic mass is 16.7. The molecule has 0 saturated carbocycles. The van der Waals surface area contributed by atoms with Gasteiger partial charge in [0.25, 0.3) is 12.0 Å². The molecule has 2 amide bonds. The maximum Gasteiger partial charge on any atom is 0.305 e. The minimum Gasteiger partial charge on any atom is -0.494 e. The zero-order valence-electron chi connectivity index (χ0n) is 17.2. The lowest BCUT2D eigenvalue weighted by atomic mass is 9.76. The highest BCUT2D eigenvalue weighted by molar-refractivity contribution is 6.24. The molecule has 3 heterocycles. The summed E-state index contributed by atoms with van der Waals surface area (Å²) in [6.45, 7) is 2.21. The van der Waals surface area contributed by atoms with Crippen LogP contribution in [0.5, 0.6) is 5.75 Å². The smallest absolute Gasteiger partial charge is 0.305 e. The second-order valence-corrected chi connectivity index (χ2v) is 7.47. The van der Waals surface area contributed by atoms with Crippen LogP contribution in [0.3, 0.4) is 0 Å². The number of nitro groups is 1. The molecule has 4 rings (SSSR count). The summed E-state index contributed by atoms with van der Waals surface area (Å²) < 4.78 is 21.3. The molecule has 12 heteroatoms. The summed E-state index contributed by atoms with van der Waals surface area (Å²) in [7, 11) is 1.25. The number of rotatable bonds is 6. The van der Waals surface area contributed by atoms with E-state index in [2.05, 4.69) is 0 Å². The molecule has 168 valence electrons. The van der Waals surface area contributed by atoms with E-state index in [9.17, 15) is 29.3 Å². The molecule has 4 atom stereocenters. The van der Waals surface area contributed by atoms with Gasteiger partial charge in [-0.2, -0.15) is 0 Å². The third-order valence-electron chi connectivity index (χ3n) is 5.61. The minimum absolute atomic E-state index is 0.0218. The number of methoxy groups -OCH3 is 1. The third kappa shape index (κ3) is 3.02. The molecular formula is C20H18N2O10. The SMILES string of the molecule is COc1cc([N+](=O)[O-])ccc1N1C(=O)[C@H]2[C@@H]3C=C[C@@](C(OC(C)=O)OC(C)=O)(O3)[C@@H]2C1=O. The number of non-ortho nitro benzene ring substituents is 1. The molecule has 3 aliphatic heterocycles. The molecule has 0 aromatic heterocycles. The number of nitro benzene ring substituents is 1. The number of ether oxygens (including phenoxy) is 4. The Morgan fingerprint density at radius 1 is 1.19 bits per heavy atom. The molecule has 0 unspecified atom stereocenters. The van der Waals surface area contributed by atoms with Gasteiger partial charge < -0.3 is 18.9 Å². The summed E-state index contributed by atoms with van der Waals surface area (Å²) in [4.78, 5) is 61.3. The fourth-order valence-corrected chi connectivity index (χ4v) is 4.42. The largest absolute Gasteiger partial charge is 0.494 e. The number of benzene rings is 1. The van der Waals surface area contributed by atoms with Crippen LogP contribution in [0, 0.1) is 22.0 Å². The monoisotopic (exact) mass is 446 g/mol. The van der Waals surface area contributed by atoms with Gasteiger partial charge in [0.05, 0.1) is 41.7 Å². The van der Waals surface area contributed by atoms with Crippen LogP contribution in [0.25, 0.3) is 0 Å². The van der Waals surface area contributed by atoms with Crippen molar-refractivity contribution in [1.29, 1.82) is 0 Å². The first-order chi connectivity index (χ1) is 15.1.